The molecule has 1 rings (SSSR count). The lowest BCUT2D eigenvalue weighted by Gasteiger charge is -2.28. The highest BCUT2D eigenvalue weighted by Crippen LogP contribution is 2.25. The third-order valence-corrected chi connectivity index (χ3v) is 2.56. The molecule has 0 aromatic heterocycles. The van der Waals surface area contributed by atoms with Gasteiger partial charge in [0.05, 0.1) is 6.54 Å². The van der Waals surface area contributed by atoms with Crippen molar-refractivity contribution < 1.29 is 8.78 Å². The van der Waals surface area contributed by atoms with Crippen LogP contribution in [0.1, 0.15) is 13.3 Å². The topological polar surface area (TPSA) is 15.3 Å². The predicted octanol–water partition coefficient (Wildman–Crippen LogP) is 1.18. The normalized spacial score (nSPS) is 29.1. The van der Waals surface area contributed by atoms with Crippen molar-refractivity contribution in [2.24, 2.45) is 5.41 Å². The molecule has 0 amide bonds. The standard InChI is InChI=1S/C9H18F2N2/c1-9(3-4-12-6-9)7-13(2)5-8(10)11/h8,12H,3-7H2,1-2H3. The Hall–Kier alpha value is -0.220. The molecule has 0 spiro atoms. The van der Waals surface area contributed by atoms with E-state index in [-0.39, 0.29) is 12.0 Å². The average Bonchev–Trinajstić information content (AvgIpc) is 2.33. The molecule has 0 aliphatic carbocycles. The monoisotopic (exact) mass is 192 g/mol. The van der Waals surface area contributed by atoms with Crippen LogP contribution in [0.5, 0.6) is 0 Å². The molecule has 78 valence electrons. The van der Waals surface area contributed by atoms with E-state index in [1.807, 2.05) is 0 Å². The van der Waals surface area contributed by atoms with E-state index in [1.165, 1.54) is 0 Å². The molecule has 4 heteroatoms. The maximum absolute atomic E-state index is 12.0. The van der Waals surface area contributed by atoms with Crippen LogP contribution < -0.4 is 5.32 Å². The second-order valence-corrected chi connectivity index (χ2v) is 4.33. The zero-order chi connectivity index (χ0) is 9.90. The Balaban J connectivity index is 2.29. The second-order valence-electron chi connectivity index (χ2n) is 4.33. The Morgan fingerprint density at radius 2 is 2.23 bits per heavy atom. The average molecular weight is 192 g/mol. The van der Waals surface area contributed by atoms with Gasteiger partial charge in [-0.2, -0.15) is 0 Å². The third-order valence-electron chi connectivity index (χ3n) is 2.56. The molecule has 0 saturated carbocycles. The Bertz CT molecular complexity index is 156. The summed E-state index contributed by atoms with van der Waals surface area (Å²) in [6, 6.07) is 0. The molecular weight excluding hydrogens is 174 g/mol. The molecule has 1 aliphatic rings. The van der Waals surface area contributed by atoms with Gasteiger partial charge >= 0.3 is 0 Å². The van der Waals surface area contributed by atoms with E-state index in [1.54, 1.807) is 11.9 Å². The molecule has 0 radical (unpaired) electrons. The minimum atomic E-state index is -2.22. The Morgan fingerprint density at radius 3 is 2.69 bits per heavy atom. The minimum Gasteiger partial charge on any atom is -0.316 e. The predicted molar refractivity (Wildman–Crippen MR) is 49.1 cm³/mol. The molecule has 13 heavy (non-hydrogen) atoms. The summed E-state index contributed by atoms with van der Waals surface area (Å²) in [7, 11) is 1.76. The van der Waals surface area contributed by atoms with Crippen molar-refractivity contribution in [3.63, 3.8) is 0 Å². The summed E-state index contributed by atoms with van der Waals surface area (Å²) < 4.78 is 24.1. The van der Waals surface area contributed by atoms with Crippen molar-refractivity contribution in [2.45, 2.75) is 19.8 Å². The molecular formula is C9H18F2N2. The summed E-state index contributed by atoms with van der Waals surface area (Å²) >= 11 is 0. The first-order valence-electron chi connectivity index (χ1n) is 4.69. The summed E-state index contributed by atoms with van der Waals surface area (Å²) in [4.78, 5) is 1.72. The summed E-state index contributed by atoms with van der Waals surface area (Å²) in [5.41, 5.74) is 0.184. The maximum atomic E-state index is 12.0. The van der Waals surface area contributed by atoms with Gasteiger partial charge in [-0.25, -0.2) is 8.78 Å². The molecule has 1 fully saturated rings. The third kappa shape index (κ3) is 3.56. The first-order valence-corrected chi connectivity index (χ1v) is 4.69. The number of nitrogens with zero attached hydrogens (tertiary/aromatic N) is 1. The number of hydrogen-bond acceptors (Lipinski definition) is 2. The lowest BCUT2D eigenvalue weighted by Crippen LogP contribution is -2.37. The Kier molecular flexibility index (Phi) is 3.62. The molecule has 2 nitrogen and oxygen atoms in total. The van der Waals surface area contributed by atoms with Gasteiger partial charge in [0, 0.05) is 13.1 Å². The number of alkyl halides is 2. The van der Waals surface area contributed by atoms with Gasteiger partial charge in [-0.1, -0.05) is 6.92 Å². The van der Waals surface area contributed by atoms with Gasteiger partial charge in [0.1, 0.15) is 0 Å². The summed E-state index contributed by atoms with van der Waals surface area (Å²) in [6.07, 6.45) is -1.14. The molecule has 0 aromatic carbocycles. The summed E-state index contributed by atoms with van der Waals surface area (Å²) in [6.45, 7) is 4.74. The van der Waals surface area contributed by atoms with Crippen molar-refractivity contribution >= 4 is 0 Å². The first kappa shape index (κ1) is 10.9. The van der Waals surface area contributed by atoms with E-state index < -0.39 is 6.43 Å². The van der Waals surface area contributed by atoms with Gasteiger partial charge < -0.3 is 10.2 Å². The maximum Gasteiger partial charge on any atom is 0.251 e. The fourth-order valence-corrected chi connectivity index (χ4v) is 1.96. The highest BCUT2D eigenvalue weighted by molar-refractivity contribution is 4.85. The first-order chi connectivity index (χ1) is 6.02. The molecule has 1 unspecified atom stereocenters. The van der Waals surface area contributed by atoms with Gasteiger partial charge in [0.2, 0.25) is 0 Å². The second kappa shape index (κ2) is 4.33. The van der Waals surface area contributed by atoms with Gasteiger partial charge in [-0.3, -0.25) is 0 Å². The van der Waals surface area contributed by atoms with Gasteiger partial charge in [0.15, 0.2) is 0 Å². The zero-order valence-corrected chi connectivity index (χ0v) is 8.32. The highest BCUT2D eigenvalue weighted by Gasteiger charge is 2.30. The van der Waals surface area contributed by atoms with Gasteiger partial charge in [-0.05, 0) is 25.4 Å². The molecule has 0 aromatic rings. The number of nitrogens with one attached hydrogen (secondary N) is 1. The molecule has 0 bridgehead atoms. The SMILES string of the molecule is CN(CC(F)F)CC1(C)CCNC1. The van der Waals surface area contributed by atoms with Gasteiger partial charge in [-0.15, -0.1) is 0 Å². The zero-order valence-electron chi connectivity index (χ0n) is 8.32. The van der Waals surface area contributed by atoms with E-state index in [4.69, 9.17) is 0 Å². The minimum absolute atomic E-state index is 0.115. The van der Waals surface area contributed by atoms with Crippen LogP contribution in [0.4, 0.5) is 8.78 Å². The quantitative estimate of drug-likeness (QED) is 0.719. The lowest BCUT2D eigenvalue weighted by molar-refractivity contribution is 0.0825. The smallest absolute Gasteiger partial charge is 0.251 e. The van der Waals surface area contributed by atoms with Crippen LogP contribution in [0.3, 0.4) is 0 Å². The molecule has 1 atom stereocenters. The van der Waals surface area contributed by atoms with Crippen molar-refractivity contribution in [1.82, 2.24) is 10.2 Å². The Labute approximate surface area is 78.3 Å². The van der Waals surface area contributed by atoms with Crippen LogP contribution in [-0.2, 0) is 0 Å². The van der Waals surface area contributed by atoms with E-state index in [9.17, 15) is 8.78 Å². The fourth-order valence-electron chi connectivity index (χ4n) is 1.96. The fraction of sp³-hybridized carbons (Fsp3) is 1.00. The van der Waals surface area contributed by atoms with Crippen LogP contribution in [0.25, 0.3) is 0 Å². The summed E-state index contributed by atoms with van der Waals surface area (Å²) in [5, 5.41) is 3.26. The van der Waals surface area contributed by atoms with Crippen LogP contribution in [0.2, 0.25) is 0 Å². The number of hydrogen-bond donors (Lipinski definition) is 1. The van der Waals surface area contributed by atoms with Gasteiger partial charge in [0.25, 0.3) is 6.43 Å². The van der Waals surface area contributed by atoms with E-state index >= 15 is 0 Å². The van der Waals surface area contributed by atoms with E-state index in [2.05, 4.69) is 12.2 Å². The Morgan fingerprint density at radius 1 is 1.54 bits per heavy atom. The number of rotatable bonds is 4. The largest absolute Gasteiger partial charge is 0.316 e. The molecule has 1 heterocycles. The highest BCUT2D eigenvalue weighted by atomic mass is 19.3. The summed E-state index contributed by atoms with van der Waals surface area (Å²) in [5.74, 6) is 0. The van der Waals surface area contributed by atoms with Crippen molar-refractivity contribution in [3.05, 3.63) is 0 Å². The van der Waals surface area contributed by atoms with Crippen molar-refractivity contribution in [3.8, 4) is 0 Å². The van der Waals surface area contributed by atoms with Crippen LogP contribution >= 0.6 is 0 Å². The molecule has 1 saturated heterocycles. The van der Waals surface area contributed by atoms with Crippen molar-refractivity contribution in [1.29, 1.82) is 0 Å². The number of halogens is 2. The van der Waals surface area contributed by atoms with Crippen LogP contribution in [-0.4, -0.2) is 44.6 Å². The lowest BCUT2D eigenvalue weighted by atomic mass is 9.89. The van der Waals surface area contributed by atoms with E-state index in [0.717, 1.165) is 26.1 Å². The van der Waals surface area contributed by atoms with Crippen LogP contribution in [0, 0.1) is 5.41 Å². The van der Waals surface area contributed by atoms with Crippen molar-refractivity contribution in [2.75, 3.05) is 33.2 Å². The molecule has 1 N–H and O–H groups in total. The molecule has 1 aliphatic heterocycles. The van der Waals surface area contributed by atoms with E-state index in [0.29, 0.717) is 0 Å². The van der Waals surface area contributed by atoms with Crippen LogP contribution in [0.15, 0.2) is 0 Å².